The number of carbonyl (C=O) groups excluding carboxylic acids is 1. The van der Waals surface area contributed by atoms with Crippen LogP contribution in [0.4, 0.5) is 0 Å². The van der Waals surface area contributed by atoms with Crippen molar-refractivity contribution >= 4 is 11.9 Å². The van der Waals surface area contributed by atoms with Crippen molar-refractivity contribution in [3.05, 3.63) is 35.9 Å². The molecular weight excluding hydrogens is 266 g/mol. The molecule has 2 saturated carbocycles. The average Bonchev–Trinajstić information content (AvgIpc) is 2.87. The molecule has 2 fully saturated rings. The first kappa shape index (κ1) is 14.1. The minimum Gasteiger partial charge on any atom is -0.481 e. The molecule has 1 aromatic carbocycles. The zero-order valence-electron chi connectivity index (χ0n) is 12.0. The molecule has 2 aliphatic rings. The van der Waals surface area contributed by atoms with Gasteiger partial charge in [-0.15, -0.1) is 0 Å². The summed E-state index contributed by atoms with van der Waals surface area (Å²) in [7, 11) is 0. The number of hydrogen-bond acceptors (Lipinski definition) is 2. The molecule has 2 atom stereocenters. The van der Waals surface area contributed by atoms with Gasteiger partial charge in [-0.05, 0) is 31.2 Å². The molecule has 0 aliphatic heterocycles. The fraction of sp³-hybridized carbons (Fsp3) is 0.529. The second kappa shape index (κ2) is 5.51. The first-order chi connectivity index (χ1) is 10.1. The van der Waals surface area contributed by atoms with Crippen LogP contribution in [0.2, 0.25) is 0 Å². The Balaban J connectivity index is 1.77. The van der Waals surface area contributed by atoms with Crippen LogP contribution in [0.1, 0.15) is 44.1 Å². The lowest BCUT2D eigenvalue weighted by Gasteiger charge is -2.37. The molecule has 2 aliphatic carbocycles. The topological polar surface area (TPSA) is 66.4 Å². The number of carboxylic acids is 1. The first-order valence-electron chi connectivity index (χ1n) is 7.73. The largest absolute Gasteiger partial charge is 0.481 e. The summed E-state index contributed by atoms with van der Waals surface area (Å²) >= 11 is 0. The number of benzene rings is 1. The van der Waals surface area contributed by atoms with Gasteiger partial charge in [-0.1, -0.05) is 43.2 Å². The number of carboxylic acid groups (broad SMARTS) is 1. The van der Waals surface area contributed by atoms with Crippen molar-refractivity contribution in [1.29, 1.82) is 0 Å². The van der Waals surface area contributed by atoms with Gasteiger partial charge in [-0.25, -0.2) is 0 Å². The molecule has 0 aromatic heterocycles. The van der Waals surface area contributed by atoms with E-state index in [-0.39, 0.29) is 17.4 Å². The van der Waals surface area contributed by atoms with Gasteiger partial charge in [0.05, 0.1) is 17.4 Å². The van der Waals surface area contributed by atoms with E-state index in [0.717, 1.165) is 31.2 Å². The van der Waals surface area contributed by atoms with Crippen LogP contribution in [0.15, 0.2) is 30.3 Å². The highest BCUT2D eigenvalue weighted by Crippen LogP contribution is 2.41. The van der Waals surface area contributed by atoms with E-state index in [0.29, 0.717) is 12.8 Å². The highest BCUT2D eigenvalue weighted by molar-refractivity contribution is 5.86. The predicted molar refractivity (Wildman–Crippen MR) is 78.6 cm³/mol. The van der Waals surface area contributed by atoms with Gasteiger partial charge in [-0.3, -0.25) is 9.59 Å². The van der Waals surface area contributed by atoms with E-state index < -0.39 is 11.9 Å². The van der Waals surface area contributed by atoms with Crippen LogP contribution < -0.4 is 5.32 Å². The summed E-state index contributed by atoms with van der Waals surface area (Å²) in [6, 6.07) is 10.1. The second-order valence-electron chi connectivity index (χ2n) is 6.27. The van der Waals surface area contributed by atoms with Crippen molar-refractivity contribution < 1.29 is 14.7 Å². The van der Waals surface area contributed by atoms with Gasteiger partial charge < -0.3 is 10.4 Å². The van der Waals surface area contributed by atoms with Crippen LogP contribution in [-0.4, -0.2) is 17.0 Å². The van der Waals surface area contributed by atoms with E-state index in [2.05, 4.69) is 17.4 Å². The highest BCUT2D eigenvalue weighted by Gasteiger charge is 2.45. The predicted octanol–water partition coefficient (Wildman–Crippen LogP) is 2.68. The van der Waals surface area contributed by atoms with Crippen molar-refractivity contribution in [2.75, 3.05) is 0 Å². The van der Waals surface area contributed by atoms with Crippen molar-refractivity contribution in [3.8, 4) is 0 Å². The molecule has 112 valence electrons. The number of nitrogens with one attached hydrogen (secondary N) is 1. The minimum atomic E-state index is -0.846. The molecule has 0 saturated heterocycles. The average molecular weight is 287 g/mol. The van der Waals surface area contributed by atoms with Crippen molar-refractivity contribution in [1.82, 2.24) is 5.32 Å². The van der Waals surface area contributed by atoms with E-state index >= 15 is 0 Å². The monoisotopic (exact) mass is 287 g/mol. The normalized spacial score (nSPS) is 26.9. The fourth-order valence-electron chi connectivity index (χ4n) is 3.66. The Hall–Kier alpha value is -1.84. The van der Waals surface area contributed by atoms with Gasteiger partial charge in [-0.2, -0.15) is 0 Å². The van der Waals surface area contributed by atoms with Crippen molar-refractivity contribution in [2.24, 2.45) is 11.8 Å². The summed E-state index contributed by atoms with van der Waals surface area (Å²) < 4.78 is 0. The zero-order chi connectivity index (χ0) is 14.9. The van der Waals surface area contributed by atoms with Gasteiger partial charge in [0.2, 0.25) is 5.91 Å². The van der Waals surface area contributed by atoms with Crippen molar-refractivity contribution in [2.45, 2.75) is 44.1 Å². The molecule has 0 spiro atoms. The third-order valence-corrected chi connectivity index (χ3v) is 5.07. The number of amides is 1. The number of aliphatic carboxylic acids is 1. The Labute approximate surface area is 124 Å². The SMILES string of the molecule is O=C(O)C1CCC1C(=O)NC1(c2ccccc2)CCCC1. The maximum Gasteiger partial charge on any atom is 0.307 e. The summed E-state index contributed by atoms with van der Waals surface area (Å²) in [6.45, 7) is 0. The standard InChI is InChI=1S/C17H21NO3/c19-15(13-8-9-14(13)16(20)21)18-17(10-4-5-11-17)12-6-2-1-3-7-12/h1-3,6-7,13-14H,4-5,8-11H2,(H,18,19)(H,20,21). The summed E-state index contributed by atoms with van der Waals surface area (Å²) in [6.07, 6.45) is 5.38. The summed E-state index contributed by atoms with van der Waals surface area (Å²) in [5, 5.41) is 12.3. The third kappa shape index (κ3) is 2.55. The molecule has 3 rings (SSSR count). The lowest BCUT2D eigenvalue weighted by Crippen LogP contribution is -2.51. The summed E-state index contributed by atoms with van der Waals surface area (Å²) in [5.41, 5.74) is 0.846. The zero-order valence-corrected chi connectivity index (χ0v) is 12.0. The second-order valence-corrected chi connectivity index (χ2v) is 6.27. The number of rotatable bonds is 4. The Morgan fingerprint density at radius 2 is 1.67 bits per heavy atom. The molecule has 4 nitrogen and oxygen atoms in total. The van der Waals surface area contributed by atoms with Crippen LogP contribution >= 0.6 is 0 Å². The fourth-order valence-corrected chi connectivity index (χ4v) is 3.66. The molecule has 0 bridgehead atoms. The summed E-state index contributed by atoms with van der Waals surface area (Å²) in [5.74, 6) is -1.79. The van der Waals surface area contributed by atoms with Gasteiger partial charge >= 0.3 is 5.97 Å². The molecule has 2 unspecified atom stereocenters. The quantitative estimate of drug-likeness (QED) is 0.894. The number of carbonyl (C=O) groups is 2. The molecular formula is C17H21NO3. The van der Waals surface area contributed by atoms with E-state index in [1.165, 1.54) is 0 Å². The molecule has 0 heterocycles. The maximum atomic E-state index is 12.5. The van der Waals surface area contributed by atoms with E-state index in [1.807, 2.05) is 18.2 Å². The first-order valence-corrected chi connectivity index (χ1v) is 7.73. The molecule has 1 aromatic rings. The Bertz CT molecular complexity index is 534. The van der Waals surface area contributed by atoms with E-state index in [4.69, 9.17) is 5.11 Å². The van der Waals surface area contributed by atoms with E-state index in [9.17, 15) is 9.59 Å². The highest BCUT2D eigenvalue weighted by atomic mass is 16.4. The molecule has 2 N–H and O–H groups in total. The van der Waals surface area contributed by atoms with Crippen LogP contribution in [0, 0.1) is 11.8 Å². The summed E-state index contributed by atoms with van der Waals surface area (Å²) in [4.78, 5) is 23.6. The Kier molecular flexibility index (Phi) is 3.70. The van der Waals surface area contributed by atoms with Crippen LogP contribution in [-0.2, 0) is 15.1 Å². The molecule has 1 amide bonds. The molecule has 21 heavy (non-hydrogen) atoms. The van der Waals surface area contributed by atoms with Gasteiger partial charge in [0.25, 0.3) is 0 Å². The molecule has 4 heteroatoms. The third-order valence-electron chi connectivity index (χ3n) is 5.07. The van der Waals surface area contributed by atoms with Gasteiger partial charge in [0.1, 0.15) is 0 Å². The maximum absolute atomic E-state index is 12.5. The van der Waals surface area contributed by atoms with Crippen LogP contribution in [0.3, 0.4) is 0 Å². The van der Waals surface area contributed by atoms with Gasteiger partial charge in [0, 0.05) is 0 Å². The van der Waals surface area contributed by atoms with Crippen LogP contribution in [0.5, 0.6) is 0 Å². The van der Waals surface area contributed by atoms with Crippen molar-refractivity contribution in [3.63, 3.8) is 0 Å². The van der Waals surface area contributed by atoms with Gasteiger partial charge in [0.15, 0.2) is 0 Å². The smallest absolute Gasteiger partial charge is 0.307 e. The lowest BCUT2D eigenvalue weighted by molar-refractivity contribution is -0.153. The lowest BCUT2D eigenvalue weighted by atomic mass is 9.72. The molecule has 0 radical (unpaired) electrons. The van der Waals surface area contributed by atoms with E-state index in [1.54, 1.807) is 0 Å². The van der Waals surface area contributed by atoms with Crippen LogP contribution in [0.25, 0.3) is 0 Å². The Morgan fingerprint density at radius 1 is 1.05 bits per heavy atom. The number of hydrogen-bond donors (Lipinski definition) is 2. The Morgan fingerprint density at radius 3 is 2.19 bits per heavy atom. The minimum absolute atomic E-state index is 0.0839.